The molecule has 0 atom stereocenters. The lowest BCUT2D eigenvalue weighted by Gasteiger charge is -2.22. The number of rotatable bonds is 5. The van der Waals surface area contributed by atoms with Crippen molar-refractivity contribution in [1.29, 1.82) is 0 Å². The van der Waals surface area contributed by atoms with E-state index in [0.717, 1.165) is 28.8 Å². The fourth-order valence-electron chi connectivity index (χ4n) is 2.32. The maximum Gasteiger partial charge on any atom is 0.194 e. The molecule has 0 bridgehead atoms. The van der Waals surface area contributed by atoms with Crippen LogP contribution in [0.2, 0.25) is 0 Å². The van der Waals surface area contributed by atoms with Crippen molar-refractivity contribution in [2.45, 2.75) is 33.9 Å². The van der Waals surface area contributed by atoms with Crippen molar-refractivity contribution >= 4 is 41.3 Å². The Morgan fingerprint density at radius 1 is 1.38 bits per heavy atom. The van der Waals surface area contributed by atoms with Gasteiger partial charge in [-0.15, -0.1) is 35.3 Å². The Balaban J connectivity index is 0.00000288. The normalized spacial score (nSPS) is 11.1. The van der Waals surface area contributed by atoms with Crippen molar-refractivity contribution in [3.05, 3.63) is 51.2 Å². The maximum absolute atomic E-state index is 13.3. The predicted octanol–water partition coefficient (Wildman–Crippen LogP) is 4.11. The minimum Gasteiger partial charge on any atom is -0.357 e. The third-order valence-corrected chi connectivity index (χ3v) is 4.43. The highest BCUT2D eigenvalue weighted by Gasteiger charge is 2.09. The van der Waals surface area contributed by atoms with E-state index in [1.807, 2.05) is 38.8 Å². The summed E-state index contributed by atoms with van der Waals surface area (Å²) in [5.74, 6) is 0.593. The van der Waals surface area contributed by atoms with E-state index in [0.29, 0.717) is 13.1 Å². The molecule has 1 heterocycles. The molecule has 0 saturated carbocycles. The molecule has 1 N–H and O–H groups in total. The Labute approximate surface area is 164 Å². The van der Waals surface area contributed by atoms with Gasteiger partial charge in [-0.3, -0.25) is 0 Å². The summed E-state index contributed by atoms with van der Waals surface area (Å²) in [6.45, 7) is 8.04. The van der Waals surface area contributed by atoms with Gasteiger partial charge in [-0.1, -0.05) is 12.1 Å². The van der Waals surface area contributed by atoms with Gasteiger partial charge >= 0.3 is 0 Å². The number of aromatic nitrogens is 1. The van der Waals surface area contributed by atoms with Gasteiger partial charge in [0.15, 0.2) is 5.96 Å². The van der Waals surface area contributed by atoms with E-state index in [2.05, 4.69) is 15.3 Å². The van der Waals surface area contributed by atoms with Gasteiger partial charge in [-0.05, 0) is 38.5 Å². The average molecular weight is 462 g/mol. The van der Waals surface area contributed by atoms with Crippen molar-refractivity contribution in [2.24, 2.45) is 4.99 Å². The van der Waals surface area contributed by atoms with Gasteiger partial charge in [0.1, 0.15) is 5.82 Å². The lowest BCUT2D eigenvalue weighted by Crippen LogP contribution is -2.38. The first-order chi connectivity index (χ1) is 11.0. The third-order valence-electron chi connectivity index (χ3n) is 3.38. The van der Waals surface area contributed by atoms with Gasteiger partial charge in [0.25, 0.3) is 0 Å². The van der Waals surface area contributed by atoms with Crippen molar-refractivity contribution in [1.82, 2.24) is 15.2 Å². The second kappa shape index (κ2) is 9.93. The zero-order chi connectivity index (χ0) is 16.8. The molecule has 0 amide bonds. The Morgan fingerprint density at radius 2 is 2.12 bits per heavy atom. The number of aryl methyl sites for hydroxylation is 2. The van der Waals surface area contributed by atoms with E-state index < -0.39 is 0 Å². The van der Waals surface area contributed by atoms with E-state index in [1.165, 1.54) is 10.9 Å². The number of halogens is 2. The van der Waals surface area contributed by atoms with Gasteiger partial charge in [-0.25, -0.2) is 14.4 Å². The molecule has 7 heteroatoms. The molecule has 0 aliphatic heterocycles. The summed E-state index contributed by atoms with van der Waals surface area (Å²) >= 11 is 1.68. The lowest BCUT2D eigenvalue weighted by molar-refractivity contribution is 0.475. The molecule has 1 aromatic heterocycles. The highest BCUT2D eigenvalue weighted by Crippen LogP contribution is 2.18. The smallest absolute Gasteiger partial charge is 0.194 e. The number of nitrogens with one attached hydrogen (secondary N) is 1. The molecule has 0 aliphatic carbocycles. The van der Waals surface area contributed by atoms with Crippen molar-refractivity contribution in [2.75, 3.05) is 13.6 Å². The first-order valence-corrected chi connectivity index (χ1v) is 8.48. The summed E-state index contributed by atoms with van der Waals surface area (Å²) in [5, 5.41) is 4.34. The van der Waals surface area contributed by atoms with Gasteiger partial charge in [0, 0.05) is 25.0 Å². The lowest BCUT2D eigenvalue weighted by atomic mass is 10.2. The monoisotopic (exact) mass is 462 g/mol. The van der Waals surface area contributed by atoms with Gasteiger partial charge in [0.05, 0.1) is 17.2 Å². The minimum absolute atomic E-state index is 0. The summed E-state index contributed by atoms with van der Waals surface area (Å²) < 4.78 is 13.3. The van der Waals surface area contributed by atoms with Crippen LogP contribution in [0.1, 0.15) is 28.1 Å². The highest BCUT2D eigenvalue weighted by atomic mass is 127. The maximum atomic E-state index is 13.3. The van der Waals surface area contributed by atoms with E-state index in [9.17, 15) is 4.39 Å². The predicted molar refractivity (Wildman–Crippen MR) is 110 cm³/mol. The van der Waals surface area contributed by atoms with Crippen LogP contribution in [0.4, 0.5) is 4.39 Å². The molecule has 0 unspecified atom stereocenters. The number of thiazole rings is 1. The Kier molecular flexibility index (Phi) is 8.61. The Hall–Kier alpha value is -1.22. The molecule has 0 fully saturated rings. The first kappa shape index (κ1) is 20.8. The minimum atomic E-state index is -0.214. The van der Waals surface area contributed by atoms with Gasteiger partial charge < -0.3 is 10.2 Å². The largest absolute Gasteiger partial charge is 0.357 e. The van der Waals surface area contributed by atoms with Crippen LogP contribution in [-0.2, 0) is 13.1 Å². The summed E-state index contributed by atoms with van der Waals surface area (Å²) in [5.41, 5.74) is 1.96. The number of guanidine groups is 1. The van der Waals surface area contributed by atoms with Crippen LogP contribution in [0.15, 0.2) is 29.3 Å². The van der Waals surface area contributed by atoms with Crippen LogP contribution in [-0.4, -0.2) is 29.4 Å². The van der Waals surface area contributed by atoms with E-state index in [4.69, 9.17) is 0 Å². The summed E-state index contributed by atoms with van der Waals surface area (Å²) in [4.78, 5) is 12.3. The van der Waals surface area contributed by atoms with Gasteiger partial charge in [0.2, 0.25) is 0 Å². The van der Waals surface area contributed by atoms with Crippen LogP contribution in [0.3, 0.4) is 0 Å². The van der Waals surface area contributed by atoms with E-state index in [1.54, 1.807) is 23.5 Å². The fourth-order valence-corrected chi connectivity index (χ4v) is 3.18. The first-order valence-electron chi connectivity index (χ1n) is 7.66. The molecule has 132 valence electrons. The van der Waals surface area contributed by atoms with Crippen LogP contribution in [0.5, 0.6) is 0 Å². The second-order valence-corrected chi connectivity index (χ2v) is 6.69. The van der Waals surface area contributed by atoms with Crippen molar-refractivity contribution in [3.8, 4) is 0 Å². The molecule has 0 spiro atoms. The third kappa shape index (κ3) is 6.01. The van der Waals surface area contributed by atoms with E-state index >= 15 is 0 Å². The standard InChI is InChI=1S/C17H23FN4S.HI/c1-5-19-17(20-10-16-12(2)21-13(3)23-16)22(4)11-14-7-6-8-15(18)9-14;/h6-9H,5,10-11H2,1-4H3,(H,19,20);1H. The molecule has 0 aliphatic rings. The molecule has 24 heavy (non-hydrogen) atoms. The van der Waals surface area contributed by atoms with Crippen LogP contribution >= 0.6 is 35.3 Å². The second-order valence-electron chi connectivity index (χ2n) is 5.40. The molecule has 2 aromatic rings. The number of benzene rings is 1. The fraction of sp³-hybridized carbons (Fsp3) is 0.412. The summed E-state index contributed by atoms with van der Waals surface area (Å²) in [7, 11) is 1.96. The SMILES string of the molecule is CCNC(=NCc1sc(C)nc1C)N(C)Cc1cccc(F)c1.I. The summed E-state index contributed by atoms with van der Waals surface area (Å²) in [6, 6.07) is 6.65. The van der Waals surface area contributed by atoms with Crippen LogP contribution in [0, 0.1) is 19.7 Å². The van der Waals surface area contributed by atoms with Crippen LogP contribution < -0.4 is 5.32 Å². The quantitative estimate of drug-likeness (QED) is 0.413. The Morgan fingerprint density at radius 3 is 2.71 bits per heavy atom. The average Bonchev–Trinajstić information content (AvgIpc) is 2.81. The van der Waals surface area contributed by atoms with Crippen LogP contribution in [0.25, 0.3) is 0 Å². The van der Waals surface area contributed by atoms with Crippen molar-refractivity contribution in [3.63, 3.8) is 0 Å². The summed E-state index contributed by atoms with van der Waals surface area (Å²) in [6.07, 6.45) is 0. The number of nitrogens with zero attached hydrogens (tertiary/aromatic N) is 3. The number of hydrogen-bond acceptors (Lipinski definition) is 3. The zero-order valence-corrected chi connectivity index (χ0v) is 17.6. The molecular formula is C17H24FIN4S. The van der Waals surface area contributed by atoms with Gasteiger partial charge in [-0.2, -0.15) is 0 Å². The number of aliphatic imine (C=N–C) groups is 1. The Bertz CT molecular complexity index is 687. The highest BCUT2D eigenvalue weighted by molar-refractivity contribution is 14.0. The molecule has 0 saturated heterocycles. The zero-order valence-electron chi connectivity index (χ0n) is 14.5. The molecule has 0 radical (unpaired) electrons. The molecular weight excluding hydrogens is 438 g/mol. The van der Waals surface area contributed by atoms with Crippen molar-refractivity contribution < 1.29 is 4.39 Å². The molecule has 1 aromatic carbocycles. The topological polar surface area (TPSA) is 40.5 Å². The van der Waals surface area contributed by atoms with E-state index in [-0.39, 0.29) is 29.8 Å². The number of hydrogen-bond donors (Lipinski definition) is 1. The molecule has 2 rings (SSSR count). The molecule has 4 nitrogen and oxygen atoms in total.